The summed E-state index contributed by atoms with van der Waals surface area (Å²) in [5.41, 5.74) is 1.22. The first-order chi connectivity index (χ1) is 11.5. The first kappa shape index (κ1) is 17.4. The lowest BCUT2D eigenvalue weighted by atomic mass is 10.1. The number of nitro benzene ring substituents is 1. The number of ether oxygens (including phenoxy) is 1. The van der Waals surface area contributed by atoms with Gasteiger partial charge in [0.2, 0.25) is 0 Å². The van der Waals surface area contributed by atoms with Crippen LogP contribution in [-0.4, -0.2) is 17.3 Å². The molecule has 0 aliphatic carbocycles. The number of allylic oxidation sites excluding steroid dienone is 1. The van der Waals surface area contributed by atoms with Gasteiger partial charge < -0.3 is 4.74 Å². The highest BCUT2D eigenvalue weighted by atomic mass is 35.5. The van der Waals surface area contributed by atoms with Crippen molar-refractivity contribution in [1.82, 2.24) is 0 Å². The molecule has 0 heterocycles. The summed E-state index contributed by atoms with van der Waals surface area (Å²) in [6.45, 7) is 3.73. The van der Waals surface area contributed by atoms with Crippen LogP contribution in [0, 0.1) is 10.1 Å². The first-order valence-electron chi connectivity index (χ1n) is 6.99. The Kier molecular flexibility index (Phi) is 5.87. The van der Waals surface area contributed by atoms with E-state index in [9.17, 15) is 14.9 Å². The fraction of sp³-hybridized carbons (Fsp3) is 0.0556. The van der Waals surface area contributed by atoms with Crippen LogP contribution >= 0.6 is 11.6 Å². The maximum absolute atomic E-state index is 12.1. The highest BCUT2D eigenvalue weighted by Gasteiger charge is 2.04. The number of non-ortho nitro benzene ring substituents is 1. The lowest BCUT2D eigenvalue weighted by Crippen LogP contribution is -1.98. The van der Waals surface area contributed by atoms with Crippen molar-refractivity contribution in [1.29, 1.82) is 0 Å². The molecule has 6 heteroatoms. The SMILES string of the molecule is C=C(Cl)COc1ccc(C(=O)/C=C/c2ccc([N+](=O)[O-])cc2)cc1. The summed E-state index contributed by atoms with van der Waals surface area (Å²) in [4.78, 5) is 22.2. The molecule has 0 amide bonds. The monoisotopic (exact) mass is 343 g/mol. The van der Waals surface area contributed by atoms with Gasteiger partial charge in [-0.2, -0.15) is 0 Å². The smallest absolute Gasteiger partial charge is 0.269 e. The second kappa shape index (κ2) is 8.08. The van der Waals surface area contributed by atoms with Crippen LogP contribution in [0.15, 0.2) is 66.2 Å². The maximum atomic E-state index is 12.1. The van der Waals surface area contributed by atoms with Crippen LogP contribution in [0.3, 0.4) is 0 Å². The highest BCUT2D eigenvalue weighted by Crippen LogP contribution is 2.16. The van der Waals surface area contributed by atoms with E-state index in [1.165, 1.54) is 18.2 Å². The Balaban J connectivity index is 2.00. The van der Waals surface area contributed by atoms with Gasteiger partial charge >= 0.3 is 0 Å². The number of hydrogen-bond donors (Lipinski definition) is 0. The molecule has 0 unspecified atom stereocenters. The van der Waals surface area contributed by atoms with Crippen molar-refractivity contribution in [3.63, 3.8) is 0 Å². The van der Waals surface area contributed by atoms with E-state index in [1.54, 1.807) is 42.5 Å². The summed E-state index contributed by atoms with van der Waals surface area (Å²) in [6, 6.07) is 12.6. The van der Waals surface area contributed by atoms with E-state index in [-0.39, 0.29) is 18.1 Å². The minimum absolute atomic E-state index is 0.00805. The molecule has 5 nitrogen and oxygen atoms in total. The molecular formula is C18H14ClNO4. The van der Waals surface area contributed by atoms with E-state index >= 15 is 0 Å². The molecule has 0 bridgehead atoms. The Morgan fingerprint density at radius 2 is 1.79 bits per heavy atom. The molecule has 0 aliphatic heterocycles. The molecule has 2 aromatic carbocycles. The third-order valence-corrected chi connectivity index (χ3v) is 3.17. The van der Waals surface area contributed by atoms with Gasteiger partial charge in [-0.1, -0.05) is 24.3 Å². The zero-order valence-corrected chi connectivity index (χ0v) is 13.4. The van der Waals surface area contributed by atoms with Gasteiger partial charge in [0.1, 0.15) is 12.4 Å². The lowest BCUT2D eigenvalue weighted by molar-refractivity contribution is -0.384. The van der Waals surface area contributed by atoms with Crippen LogP contribution in [0.1, 0.15) is 15.9 Å². The van der Waals surface area contributed by atoms with Crippen LogP contribution in [0.2, 0.25) is 0 Å². The summed E-state index contributed by atoms with van der Waals surface area (Å²) in [5, 5.41) is 11.0. The fourth-order valence-corrected chi connectivity index (χ4v) is 1.91. The van der Waals surface area contributed by atoms with Crippen LogP contribution in [0.5, 0.6) is 5.75 Å². The molecule has 0 fully saturated rings. The summed E-state index contributed by atoms with van der Waals surface area (Å²) in [7, 11) is 0. The van der Waals surface area contributed by atoms with E-state index < -0.39 is 4.92 Å². The minimum atomic E-state index is -0.470. The largest absolute Gasteiger partial charge is 0.488 e. The second-order valence-corrected chi connectivity index (χ2v) is 5.41. The Bertz CT molecular complexity index is 780. The Hall–Kier alpha value is -2.92. The molecule has 122 valence electrons. The van der Waals surface area contributed by atoms with E-state index in [0.29, 0.717) is 21.9 Å². The number of nitrogens with zero attached hydrogens (tertiary/aromatic N) is 1. The first-order valence-corrected chi connectivity index (χ1v) is 7.36. The molecule has 2 rings (SSSR count). The molecule has 0 saturated heterocycles. The van der Waals surface area contributed by atoms with Crippen LogP contribution in [0.4, 0.5) is 5.69 Å². The average molecular weight is 344 g/mol. The van der Waals surface area contributed by atoms with Crippen molar-refractivity contribution in [2.75, 3.05) is 6.61 Å². The Morgan fingerprint density at radius 3 is 2.33 bits per heavy atom. The normalized spacial score (nSPS) is 10.5. The van der Waals surface area contributed by atoms with Gasteiger partial charge in [0.05, 0.1) is 4.92 Å². The van der Waals surface area contributed by atoms with Gasteiger partial charge in [-0.15, -0.1) is 0 Å². The third-order valence-electron chi connectivity index (χ3n) is 3.07. The van der Waals surface area contributed by atoms with Crippen molar-refractivity contribution in [3.05, 3.63) is 87.5 Å². The van der Waals surface area contributed by atoms with Crippen LogP contribution in [-0.2, 0) is 0 Å². The fourth-order valence-electron chi connectivity index (χ4n) is 1.85. The van der Waals surface area contributed by atoms with Crippen LogP contribution in [0.25, 0.3) is 6.08 Å². The average Bonchev–Trinajstić information content (AvgIpc) is 2.58. The molecule has 24 heavy (non-hydrogen) atoms. The summed E-state index contributed by atoms with van der Waals surface area (Å²) < 4.78 is 5.35. The van der Waals surface area contributed by atoms with Gasteiger partial charge in [-0.25, -0.2) is 0 Å². The van der Waals surface area contributed by atoms with Gasteiger partial charge in [-0.05, 0) is 48.0 Å². The van der Waals surface area contributed by atoms with E-state index in [4.69, 9.17) is 16.3 Å². The van der Waals surface area contributed by atoms with Gasteiger partial charge in [0.15, 0.2) is 5.78 Å². The molecule has 0 aliphatic rings. The summed E-state index contributed by atoms with van der Waals surface area (Å²) >= 11 is 5.62. The number of nitro groups is 1. The summed E-state index contributed by atoms with van der Waals surface area (Å²) in [5.74, 6) is 0.411. The van der Waals surface area contributed by atoms with Crippen molar-refractivity contribution in [2.24, 2.45) is 0 Å². The van der Waals surface area contributed by atoms with Crippen molar-refractivity contribution >= 4 is 29.1 Å². The number of halogens is 1. The van der Waals surface area contributed by atoms with E-state index in [2.05, 4.69) is 6.58 Å². The molecule has 0 aromatic heterocycles. The predicted octanol–water partition coefficient (Wildman–Crippen LogP) is 4.62. The third kappa shape index (κ3) is 5.07. The van der Waals surface area contributed by atoms with Gasteiger partial charge in [0, 0.05) is 22.7 Å². The number of ketones is 1. The molecule has 0 saturated carbocycles. The van der Waals surface area contributed by atoms with E-state index in [0.717, 1.165) is 0 Å². The van der Waals surface area contributed by atoms with Crippen molar-refractivity contribution < 1.29 is 14.5 Å². The van der Waals surface area contributed by atoms with Gasteiger partial charge in [0.25, 0.3) is 5.69 Å². The number of rotatable bonds is 7. The van der Waals surface area contributed by atoms with Crippen molar-refractivity contribution in [3.8, 4) is 5.75 Å². The standard InChI is InChI=1S/C18H14ClNO4/c1-13(19)12-24-17-9-5-15(6-10-17)18(21)11-4-14-2-7-16(8-3-14)20(22)23/h2-11H,1,12H2/b11-4+. The van der Waals surface area contributed by atoms with Crippen molar-refractivity contribution in [2.45, 2.75) is 0 Å². The van der Waals surface area contributed by atoms with Gasteiger partial charge in [-0.3, -0.25) is 14.9 Å². The minimum Gasteiger partial charge on any atom is -0.488 e. The summed E-state index contributed by atoms with van der Waals surface area (Å²) in [6.07, 6.45) is 3.02. The maximum Gasteiger partial charge on any atom is 0.269 e. The number of carbonyl (C=O) groups excluding carboxylic acids is 1. The second-order valence-electron chi connectivity index (χ2n) is 4.88. The molecule has 2 aromatic rings. The Morgan fingerprint density at radius 1 is 1.17 bits per heavy atom. The van der Waals surface area contributed by atoms with Crippen LogP contribution < -0.4 is 4.74 Å². The zero-order chi connectivity index (χ0) is 17.5. The number of benzene rings is 2. The molecular weight excluding hydrogens is 330 g/mol. The Labute approximate surface area is 144 Å². The highest BCUT2D eigenvalue weighted by molar-refractivity contribution is 6.29. The number of carbonyl (C=O) groups is 1. The molecule has 0 atom stereocenters. The predicted molar refractivity (Wildman–Crippen MR) is 93.4 cm³/mol. The quantitative estimate of drug-likeness (QED) is 0.318. The number of hydrogen-bond acceptors (Lipinski definition) is 4. The molecule has 0 radical (unpaired) electrons. The zero-order valence-electron chi connectivity index (χ0n) is 12.6. The topological polar surface area (TPSA) is 69.4 Å². The molecule has 0 spiro atoms. The lowest BCUT2D eigenvalue weighted by Gasteiger charge is -2.04. The molecule has 0 N–H and O–H groups in total. The van der Waals surface area contributed by atoms with E-state index in [1.807, 2.05) is 0 Å².